The molecule has 1 aliphatic carbocycles. The first-order chi connectivity index (χ1) is 10.3. The highest BCUT2D eigenvalue weighted by molar-refractivity contribution is 5.57. The second-order valence-corrected chi connectivity index (χ2v) is 6.08. The Labute approximate surface area is 126 Å². The highest BCUT2D eigenvalue weighted by Gasteiger charge is 2.28. The molecule has 1 aromatic rings. The summed E-state index contributed by atoms with van der Waals surface area (Å²) in [7, 11) is 0. The van der Waals surface area contributed by atoms with Gasteiger partial charge in [-0.2, -0.15) is 0 Å². The minimum absolute atomic E-state index is 0.320. The van der Waals surface area contributed by atoms with E-state index in [4.69, 9.17) is 9.72 Å². The third-order valence-corrected chi connectivity index (χ3v) is 4.22. The van der Waals surface area contributed by atoms with Crippen molar-refractivity contribution in [2.75, 3.05) is 30.3 Å². The smallest absolute Gasteiger partial charge is 0.136 e. The van der Waals surface area contributed by atoms with Crippen LogP contribution in [0.4, 0.5) is 11.6 Å². The molecule has 0 amide bonds. The van der Waals surface area contributed by atoms with E-state index in [9.17, 15) is 0 Å². The molecule has 3 rings (SSSR count). The van der Waals surface area contributed by atoms with Gasteiger partial charge in [-0.1, -0.05) is 0 Å². The molecule has 1 atom stereocenters. The van der Waals surface area contributed by atoms with E-state index in [1.54, 1.807) is 0 Å². The quantitative estimate of drug-likeness (QED) is 0.843. The topological polar surface area (TPSA) is 59.1 Å². The SMILES string of the molecule is CCNc1nc(C2CC2)nc(NCC2CCCCO2)c1C. The summed E-state index contributed by atoms with van der Waals surface area (Å²) in [5.74, 6) is 3.50. The molecule has 2 heterocycles. The van der Waals surface area contributed by atoms with E-state index in [1.807, 2.05) is 0 Å². The van der Waals surface area contributed by atoms with Crippen LogP contribution in [0.25, 0.3) is 0 Å². The molecular formula is C16H26N4O. The molecule has 2 fully saturated rings. The Morgan fingerprint density at radius 2 is 1.86 bits per heavy atom. The van der Waals surface area contributed by atoms with Crippen LogP contribution in [0.3, 0.4) is 0 Å². The van der Waals surface area contributed by atoms with E-state index in [-0.39, 0.29) is 0 Å². The fourth-order valence-corrected chi connectivity index (χ4v) is 2.75. The van der Waals surface area contributed by atoms with Crippen LogP contribution in [-0.2, 0) is 4.74 Å². The molecule has 0 radical (unpaired) electrons. The molecule has 0 spiro atoms. The van der Waals surface area contributed by atoms with Gasteiger partial charge in [0.15, 0.2) is 0 Å². The average Bonchev–Trinajstić information content (AvgIpc) is 3.34. The largest absolute Gasteiger partial charge is 0.376 e. The Bertz CT molecular complexity index is 481. The van der Waals surface area contributed by atoms with E-state index in [0.717, 1.165) is 49.1 Å². The Kier molecular flexibility index (Phi) is 4.58. The Morgan fingerprint density at radius 3 is 2.48 bits per heavy atom. The van der Waals surface area contributed by atoms with Crippen LogP contribution in [0, 0.1) is 6.92 Å². The summed E-state index contributed by atoms with van der Waals surface area (Å²) in [6.07, 6.45) is 6.37. The van der Waals surface area contributed by atoms with E-state index in [2.05, 4.69) is 29.5 Å². The van der Waals surface area contributed by atoms with Gasteiger partial charge in [-0.15, -0.1) is 0 Å². The summed E-state index contributed by atoms with van der Waals surface area (Å²) in [5.41, 5.74) is 1.11. The van der Waals surface area contributed by atoms with Crippen LogP contribution >= 0.6 is 0 Å². The molecule has 1 saturated carbocycles. The maximum Gasteiger partial charge on any atom is 0.136 e. The summed E-state index contributed by atoms with van der Waals surface area (Å²) in [5, 5.41) is 6.84. The Hall–Kier alpha value is -1.36. The van der Waals surface area contributed by atoms with Crippen molar-refractivity contribution in [2.24, 2.45) is 0 Å². The number of hydrogen-bond donors (Lipinski definition) is 2. The molecule has 5 nitrogen and oxygen atoms in total. The van der Waals surface area contributed by atoms with Crippen molar-refractivity contribution in [3.05, 3.63) is 11.4 Å². The summed E-state index contributed by atoms with van der Waals surface area (Å²) < 4.78 is 5.79. The molecule has 0 bridgehead atoms. The average molecular weight is 290 g/mol. The number of nitrogens with one attached hydrogen (secondary N) is 2. The lowest BCUT2D eigenvalue weighted by Crippen LogP contribution is -2.27. The maximum atomic E-state index is 5.79. The van der Waals surface area contributed by atoms with Gasteiger partial charge in [0.1, 0.15) is 17.5 Å². The first-order valence-electron chi connectivity index (χ1n) is 8.25. The molecule has 2 N–H and O–H groups in total. The van der Waals surface area contributed by atoms with Gasteiger partial charge in [0.05, 0.1) is 6.10 Å². The lowest BCUT2D eigenvalue weighted by molar-refractivity contribution is 0.0247. The molecule has 2 aliphatic rings. The van der Waals surface area contributed by atoms with Crippen molar-refractivity contribution in [3.63, 3.8) is 0 Å². The van der Waals surface area contributed by atoms with Gasteiger partial charge in [0.25, 0.3) is 0 Å². The van der Waals surface area contributed by atoms with E-state index < -0.39 is 0 Å². The predicted molar refractivity (Wildman–Crippen MR) is 85.0 cm³/mol. The Morgan fingerprint density at radius 1 is 1.10 bits per heavy atom. The molecule has 1 aromatic heterocycles. The molecule has 5 heteroatoms. The van der Waals surface area contributed by atoms with Crippen LogP contribution in [0.15, 0.2) is 0 Å². The third kappa shape index (κ3) is 3.64. The number of anilines is 2. The number of rotatable bonds is 6. The summed E-state index contributed by atoms with van der Waals surface area (Å²) in [6, 6.07) is 0. The fraction of sp³-hybridized carbons (Fsp3) is 0.750. The summed E-state index contributed by atoms with van der Waals surface area (Å²) in [6.45, 7) is 6.80. The van der Waals surface area contributed by atoms with E-state index >= 15 is 0 Å². The minimum Gasteiger partial charge on any atom is -0.376 e. The van der Waals surface area contributed by atoms with Crippen LogP contribution < -0.4 is 10.6 Å². The second kappa shape index (κ2) is 6.60. The van der Waals surface area contributed by atoms with Crippen molar-refractivity contribution in [3.8, 4) is 0 Å². The number of aromatic nitrogens is 2. The predicted octanol–water partition coefficient (Wildman–Crippen LogP) is 3.08. The highest BCUT2D eigenvalue weighted by atomic mass is 16.5. The molecule has 0 aromatic carbocycles. The fourth-order valence-electron chi connectivity index (χ4n) is 2.75. The number of nitrogens with zero attached hydrogens (tertiary/aromatic N) is 2. The van der Waals surface area contributed by atoms with Gasteiger partial charge in [-0.25, -0.2) is 9.97 Å². The van der Waals surface area contributed by atoms with Gasteiger partial charge in [0.2, 0.25) is 0 Å². The summed E-state index contributed by atoms with van der Waals surface area (Å²) in [4.78, 5) is 9.43. The molecule has 1 aliphatic heterocycles. The van der Waals surface area contributed by atoms with Gasteiger partial charge < -0.3 is 15.4 Å². The number of ether oxygens (including phenoxy) is 1. The van der Waals surface area contributed by atoms with Crippen molar-refractivity contribution in [1.29, 1.82) is 0 Å². The van der Waals surface area contributed by atoms with Crippen LogP contribution in [-0.4, -0.2) is 35.8 Å². The maximum absolute atomic E-state index is 5.79. The first-order valence-corrected chi connectivity index (χ1v) is 8.25. The second-order valence-electron chi connectivity index (χ2n) is 6.08. The molecule has 116 valence electrons. The lowest BCUT2D eigenvalue weighted by Gasteiger charge is -2.23. The van der Waals surface area contributed by atoms with Gasteiger partial charge in [0, 0.05) is 31.2 Å². The van der Waals surface area contributed by atoms with Crippen molar-refractivity contribution in [1.82, 2.24) is 9.97 Å². The van der Waals surface area contributed by atoms with Gasteiger partial charge in [-0.3, -0.25) is 0 Å². The van der Waals surface area contributed by atoms with Crippen molar-refractivity contribution in [2.45, 2.75) is 58.0 Å². The molecular weight excluding hydrogens is 264 g/mol. The first kappa shape index (κ1) is 14.6. The monoisotopic (exact) mass is 290 g/mol. The standard InChI is InChI=1S/C16H26N4O/c1-3-17-14-11(2)15(20-16(19-14)12-7-8-12)18-10-13-6-4-5-9-21-13/h12-13H,3-10H2,1-2H3,(H2,17,18,19,20). The summed E-state index contributed by atoms with van der Waals surface area (Å²) >= 11 is 0. The van der Waals surface area contributed by atoms with Crippen LogP contribution in [0.5, 0.6) is 0 Å². The normalized spacial score (nSPS) is 22.1. The Balaban J connectivity index is 1.72. The zero-order valence-electron chi connectivity index (χ0n) is 13.1. The van der Waals surface area contributed by atoms with Crippen molar-refractivity contribution < 1.29 is 4.74 Å². The zero-order valence-corrected chi connectivity index (χ0v) is 13.1. The highest BCUT2D eigenvalue weighted by Crippen LogP contribution is 2.39. The molecule has 1 unspecified atom stereocenters. The van der Waals surface area contributed by atoms with Crippen LogP contribution in [0.2, 0.25) is 0 Å². The number of hydrogen-bond acceptors (Lipinski definition) is 5. The van der Waals surface area contributed by atoms with E-state index in [1.165, 1.54) is 25.7 Å². The molecule has 21 heavy (non-hydrogen) atoms. The minimum atomic E-state index is 0.320. The van der Waals surface area contributed by atoms with Gasteiger partial charge in [-0.05, 0) is 46.0 Å². The zero-order chi connectivity index (χ0) is 14.7. The third-order valence-electron chi connectivity index (χ3n) is 4.22. The molecule has 1 saturated heterocycles. The van der Waals surface area contributed by atoms with Gasteiger partial charge >= 0.3 is 0 Å². The lowest BCUT2D eigenvalue weighted by atomic mass is 10.1. The van der Waals surface area contributed by atoms with Crippen molar-refractivity contribution >= 4 is 11.6 Å². The van der Waals surface area contributed by atoms with Crippen LogP contribution in [0.1, 0.15) is 56.3 Å². The van der Waals surface area contributed by atoms with E-state index in [0.29, 0.717) is 12.0 Å².